The smallest absolute Gasteiger partial charge is 0.238 e. The second-order valence-electron chi connectivity index (χ2n) is 7.49. The van der Waals surface area contributed by atoms with Gasteiger partial charge < -0.3 is 18.9 Å². The molecule has 30 heavy (non-hydrogen) atoms. The van der Waals surface area contributed by atoms with Crippen LogP contribution in [-0.2, 0) is 11.3 Å². The maximum Gasteiger partial charge on any atom is 0.238 e. The Balaban J connectivity index is 0.00000256. The van der Waals surface area contributed by atoms with Gasteiger partial charge in [0.05, 0.1) is 13.7 Å². The van der Waals surface area contributed by atoms with Crippen LogP contribution in [0, 0.1) is 13.8 Å². The fourth-order valence-electron chi connectivity index (χ4n) is 4.01. The van der Waals surface area contributed by atoms with E-state index in [0.29, 0.717) is 32.0 Å². The number of aryl methyl sites for hydroxylation is 1. The van der Waals surface area contributed by atoms with Crippen molar-refractivity contribution in [2.24, 2.45) is 0 Å². The number of pyridine rings is 1. The van der Waals surface area contributed by atoms with Crippen LogP contribution in [0.2, 0.25) is 0 Å². The van der Waals surface area contributed by atoms with Crippen LogP contribution in [0.3, 0.4) is 0 Å². The van der Waals surface area contributed by atoms with E-state index in [2.05, 4.69) is 35.5 Å². The summed E-state index contributed by atoms with van der Waals surface area (Å²) in [7, 11) is 1.68. The quantitative estimate of drug-likeness (QED) is 0.566. The number of hydrogen-bond donors (Lipinski definition) is 0. The summed E-state index contributed by atoms with van der Waals surface area (Å²) in [4.78, 5) is 18.2. The predicted octanol–water partition coefficient (Wildman–Crippen LogP) is 4.13. The lowest BCUT2D eigenvalue weighted by Crippen LogP contribution is -2.29. The van der Waals surface area contributed by atoms with Gasteiger partial charge in [-0.05, 0) is 49.6 Å². The molecule has 6 nitrogen and oxygen atoms in total. The number of carbonyl (C=O) groups is 1. The number of rotatable bonds is 7. The van der Waals surface area contributed by atoms with Gasteiger partial charge in [0, 0.05) is 36.8 Å². The number of benzene rings is 1. The first-order valence-corrected chi connectivity index (χ1v) is 10.1. The molecule has 1 fully saturated rings. The Bertz CT molecular complexity index is 1050. The van der Waals surface area contributed by atoms with Crippen molar-refractivity contribution in [3.05, 3.63) is 53.3 Å². The largest absolute Gasteiger partial charge is 0.497 e. The van der Waals surface area contributed by atoms with Crippen LogP contribution in [0.15, 0.2) is 36.5 Å². The molecule has 0 unspecified atom stereocenters. The van der Waals surface area contributed by atoms with Crippen molar-refractivity contribution in [3.8, 4) is 11.6 Å². The number of aromatic nitrogens is 2. The van der Waals surface area contributed by atoms with Crippen molar-refractivity contribution in [2.45, 2.75) is 33.2 Å². The lowest BCUT2D eigenvalue weighted by atomic mass is 10.2. The van der Waals surface area contributed by atoms with Gasteiger partial charge in [-0.1, -0.05) is 12.1 Å². The lowest BCUT2D eigenvalue weighted by molar-refractivity contribution is -0.128. The molecule has 160 valence electrons. The molecule has 1 aliphatic rings. The molecular weight excluding hydrogens is 402 g/mol. The van der Waals surface area contributed by atoms with Crippen LogP contribution in [0.25, 0.3) is 10.9 Å². The SMILES string of the molecule is COc1cccc(Cn2c(C)c(C)c3ccnc(OCCN4CCCC4=O)c32)c1.Cl. The van der Waals surface area contributed by atoms with Crippen LogP contribution in [-0.4, -0.2) is 47.2 Å². The van der Waals surface area contributed by atoms with Crippen LogP contribution >= 0.6 is 12.4 Å². The van der Waals surface area contributed by atoms with E-state index >= 15 is 0 Å². The van der Waals surface area contributed by atoms with Gasteiger partial charge in [0.2, 0.25) is 11.8 Å². The Kier molecular flexibility index (Phi) is 6.87. The van der Waals surface area contributed by atoms with E-state index in [1.807, 2.05) is 23.1 Å². The molecule has 7 heteroatoms. The summed E-state index contributed by atoms with van der Waals surface area (Å²) in [5.74, 6) is 1.68. The minimum atomic E-state index is 0. The van der Waals surface area contributed by atoms with Crippen LogP contribution in [0.1, 0.15) is 29.7 Å². The lowest BCUT2D eigenvalue weighted by Gasteiger charge is -2.16. The van der Waals surface area contributed by atoms with Crippen molar-refractivity contribution in [1.82, 2.24) is 14.5 Å². The Morgan fingerprint density at radius 3 is 2.77 bits per heavy atom. The second-order valence-corrected chi connectivity index (χ2v) is 7.49. The molecule has 1 saturated heterocycles. The number of halogens is 1. The summed E-state index contributed by atoms with van der Waals surface area (Å²) in [6.07, 6.45) is 3.38. The third-order valence-corrected chi connectivity index (χ3v) is 5.76. The molecule has 3 heterocycles. The molecule has 0 radical (unpaired) electrons. The van der Waals surface area contributed by atoms with Gasteiger partial charge in [0.1, 0.15) is 17.9 Å². The Labute approximate surface area is 183 Å². The van der Waals surface area contributed by atoms with Crippen molar-refractivity contribution >= 4 is 29.2 Å². The molecule has 0 bridgehead atoms. The molecule has 0 saturated carbocycles. The topological polar surface area (TPSA) is 56.6 Å². The highest BCUT2D eigenvalue weighted by molar-refractivity contribution is 5.89. The average Bonchev–Trinajstić information content (AvgIpc) is 3.25. The zero-order valence-corrected chi connectivity index (χ0v) is 18.5. The zero-order chi connectivity index (χ0) is 20.4. The average molecular weight is 430 g/mol. The monoisotopic (exact) mass is 429 g/mol. The van der Waals surface area contributed by atoms with Gasteiger partial charge in [-0.25, -0.2) is 4.98 Å². The van der Waals surface area contributed by atoms with E-state index in [4.69, 9.17) is 9.47 Å². The van der Waals surface area contributed by atoms with E-state index in [-0.39, 0.29) is 18.3 Å². The molecule has 0 atom stereocenters. The minimum absolute atomic E-state index is 0. The molecule has 1 amide bonds. The van der Waals surface area contributed by atoms with Crippen molar-refractivity contribution < 1.29 is 14.3 Å². The molecular formula is C23H28ClN3O3. The van der Waals surface area contributed by atoms with Crippen LogP contribution in [0.5, 0.6) is 11.6 Å². The molecule has 4 rings (SSSR count). The van der Waals surface area contributed by atoms with Crippen LogP contribution in [0.4, 0.5) is 0 Å². The molecule has 0 spiro atoms. The number of methoxy groups -OCH3 is 1. The number of amides is 1. The fraction of sp³-hybridized carbons (Fsp3) is 0.391. The van der Waals surface area contributed by atoms with Gasteiger partial charge >= 0.3 is 0 Å². The van der Waals surface area contributed by atoms with E-state index < -0.39 is 0 Å². The highest BCUT2D eigenvalue weighted by Gasteiger charge is 2.21. The number of likely N-dealkylation sites (tertiary alicyclic amines) is 1. The fourth-order valence-corrected chi connectivity index (χ4v) is 4.01. The third-order valence-electron chi connectivity index (χ3n) is 5.76. The van der Waals surface area contributed by atoms with E-state index in [1.165, 1.54) is 11.3 Å². The van der Waals surface area contributed by atoms with Gasteiger partial charge in [-0.2, -0.15) is 0 Å². The second kappa shape index (κ2) is 9.39. The normalized spacial score (nSPS) is 13.6. The Morgan fingerprint density at radius 1 is 1.20 bits per heavy atom. The maximum atomic E-state index is 11.8. The minimum Gasteiger partial charge on any atom is -0.497 e. The first-order chi connectivity index (χ1) is 14.1. The molecule has 1 aromatic carbocycles. The summed E-state index contributed by atoms with van der Waals surface area (Å²) in [5, 5.41) is 1.15. The van der Waals surface area contributed by atoms with E-state index in [9.17, 15) is 4.79 Å². The molecule has 3 aromatic rings. The van der Waals surface area contributed by atoms with Crippen LogP contribution < -0.4 is 9.47 Å². The molecule has 2 aromatic heterocycles. The van der Waals surface area contributed by atoms with Crippen molar-refractivity contribution in [3.63, 3.8) is 0 Å². The van der Waals surface area contributed by atoms with Crippen molar-refractivity contribution in [2.75, 3.05) is 26.8 Å². The predicted molar refractivity (Wildman–Crippen MR) is 120 cm³/mol. The summed E-state index contributed by atoms with van der Waals surface area (Å²) in [6, 6.07) is 10.1. The van der Waals surface area contributed by atoms with Gasteiger partial charge in [0.15, 0.2) is 0 Å². The maximum absolute atomic E-state index is 11.8. The number of carbonyl (C=O) groups excluding carboxylic acids is 1. The number of nitrogens with zero attached hydrogens (tertiary/aromatic N) is 3. The molecule has 1 aliphatic heterocycles. The number of ether oxygens (including phenoxy) is 2. The standard InChI is InChI=1S/C23H27N3O3.ClH/c1-16-17(2)26(15-18-6-4-7-19(14-18)28-3)22-20(16)9-10-24-23(22)29-13-12-25-11-5-8-21(25)27;/h4,6-7,9-10,14H,5,8,11-13,15H2,1-3H3;1H. The number of hydrogen-bond acceptors (Lipinski definition) is 4. The first-order valence-electron chi connectivity index (χ1n) is 10.1. The summed E-state index contributed by atoms with van der Waals surface area (Å²) < 4.78 is 13.7. The van der Waals surface area contributed by atoms with Gasteiger partial charge in [-0.3, -0.25) is 4.79 Å². The van der Waals surface area contributed by atoms with Crippen molar-refractivity contribution in [1.29, 1.82) is 0 Å². The molecule has 0 aliphatic carbocycles. The third kappa shape index (κ3) is 4.24. The highest BCUT2D eigenvalue weighted by Crippen LogP contribution is 2.32. The summed E-state index contributed by atoms with van der Waals surface area (Å²) >= 11 is 0. The van der Waals surface area contributed by atoms with Gasteiger partial charge in [0.25, 0.3) is 0 Å². The van der Waals surface area contributed by atoms with E-state index in [1.54, 1.807) is 13.3 Å². The number of fused-ring (bicyclic) bond motifs is 1. The Hall–Kier alpha value is -2.73. The zero-order valence-electron chi connectivity index (χ0n) is 17.7. The highest BCUT2D eigenvalue weighted by atomic mass is 35.5. The summed E-state index contributed by atoms with van der Waals surface area (Å²) in [6.45, 7) is 6.84. The van der Waals surface area contributed by atoms with Gasteiger partial charge in [-0.15, -0.1) is 12.4 Å². The molecule has 0 N–H and O–H groups in total. The Morgan fingerprint density at radius 2 is 2.03 bits per heavy atom. The summed E-state index contributed by atoms with van der Waals surface area (Å²) in [5.41, 5.74) is 4.57. The van der Waals surface area contributed by atoms with E-state index in [0.717, 1.165) is 35.2 Å². The first kappa shape index (κ1) is 22.0.